The first-order valence-corrected chi connectivity index (χ1v) is 13.3. The van der Waals surface area contributed by atoms with Gasteiger partial charge in [-0.2, -0.15) is 14.0 Å². The quantitative estimate of drug-likeness (QED) is 0.292. The van der Waals surface area contributed by atoms with Crippen molar-refractivity contribution >= 4 is 0 Å². The minimum absolute atomic E-state index is 0.547. The molecule has 4 aromatic carbocycles. The number of hydrogen-bond acceptors (Lipinski definition) is 9. The van der Waals surface area contributed by atoms with Crippen LogP contribution in [0.5, 0.6) is 0 Å². The molecule has 0 radical (unpaired) electrons. The number of aromatic nitrogens is 12. The van der Waals surface area contributed by atoms with Crippen LogP contribution in [0.15, 0.2) is 91.0 Å². The van der Waals surface area contributed by atoms with E-state index in [-0.39, 0.29) is 0 Å². The molecule has 0 N–H and O–H groups in total. The predicted molar refractivity (Wildman–Crippen MR) is 155 cm³/mol. The molecule has 0 amide bonds. The lowest BCUT2D eigenvalue weighted by Gasteiger charge is -2.11. The van der Waals surface area contributed by atoms with Crippen molar-refractivity contribution in [3.63, 3.8) is 0 Å². The third-order valence-corrected chi connectivity index (χ3v) is 6.95. The second-order valence-corrected chi connectivity index (χ2v) is 10.0. The molecule has 3 heterocycles. The Balaban J connectivity index is 1.43. The lowest BCUT2D eigenvalue weighted by atomic mass is 10.0. The molecule has 42 heavy (non-hydrogen) atoms. The number of aryl methyl sites for hydroxylation is 3. The molecule has 0 aliphatic heterocycles. The molecule has 12 nitrogen and oxygen atoms in total. The lowest BCUT2D eigenvalue weighted by molar-refractivity contribution is 0.790. The molecule has 0 aliphatic carbocycles. The summed E-state index contributed by atoms with van der Waals surface area (Å²) in [5.41, 5.74) is 8.15. The van der Waals surface area contributed by atoms with E-state index in [2.05, 4.69) is 46.6 Å². The topological polar surface area (TPSA) is 131 Å². The Bertz CT molecular complexity index is 1750. The van der Waals surface area contributed by atoms with Crippen LogP contribution >= 0.6 is 0 Å². The maximum absolute atomic E-state index is 4.40. The van der Waals surface area contributed by atoms with Gasteiger partial charge in [0.2, 0.25) is 0 Å². The molecule has 0 atom stereocenters. The van der Waals surface area contributed by atoms with Gasteiger partial charge in [-0.3, -0.25) is 0 Å². The van der Waals surface area contributed by atoms with Gasteiger partial charge in [0.1, 0.15) is 0 Å². The van der Waals surface area contributed by atoms with E-state index in [9.17, 15) is 0 Å². The van der Waals surface area contributed by atoms with Crippen LogP contribution in [0, 0.1) is 20.8 Å². The molecule has 0 bridgehead atoms. The van der Waals surface area contributed by atoms with E-state index in [1.807, 2.05) is 112 Å². The van der Waals surface area contributed by atoms with Crippen molar-refractivity contribution < 1.29 is 0 Å². The van der Waals surface area contributed by atoms with Crippen LogP contribution in [0.3, 0.4) is 0 Å². The summed E-state index contributed by atoms with van der Waals surface area (Å²) in [7, 11) is 0. The fourth-order valence-corrected chi connectivity index (χ4v) is 4.70. The zero-order valence-corrected chi connectivity index (χ0v) is 23.0. The monoisotopic (exact) mass is 552 g/mol. The highest BCUT2D eigenvalue weighted by molar-refractivity contribution is 5.76. The highest BCUT2D eigenvalue weighted by atomic mass is 15.6. The van der Waals surface area contributed by atoms with Crippen LogP contribution in [-0.2, 0) is 0 Å². The Labute approximate surface area is 240 Å². The van der Waals surface area contributed by atoms with Crippen molar-refractivity contribution in [2.24, 2.45) is 0 Å². The highest BCUT2D eigenvalue weighted by Gasteiger charge is 2.20. The van der Waals surface area contributed by atoms with Crippen LogP contribution in [0.25, 0.3) is 51.2 Å². The van der Waals surface area contributed by atoms with Crippen LogP contribution in [-0.4, -0.2) is 60.6 Å². The smallest absolute Gasteiger partial charge is 0.187 e. The fraction of sp³-hybridized carbons (Fsp3) is 0.100. The molecule has 0 saturated carbocycles. The van der Waals surface area contributed by atoms with Gasteiger partial charge in [0.25, 0.3) is 0 Å². The third kappa shape index (κ3) is 4.60. The molecule has 0 saturated heterocycles. The van der Waals surface area contributed by atoms with Crippen molar-refractivity contribution in [2.75, 3.05) is 0 Å². The molecule has 7 rings (SSSR count). The number of tetrazole rings is 3. The normalized spacial score (nSPS) is 11.2. The number of rotatable bonds is 6. The SMILES string of the molecule is Cc1ccc(-n2nnnc2-c2cc(-c3nnnn3-c3ccc(C)cc3)cc(-c3nnnn3-c3ccc(C)cc3)c2)cc1. The molecule has 0 spiro atoms. The average molecular weight is 553 g/mol. The van der Waals surface area contributed by atoms with E-state index in [1.54, 1.807) is 14.0 Å². The summed E-state index contributed by atoms with van der Waals surface area (Å²) >= 11 is 0. The summed E-state index contributed by atoms with van der Waals surface area (Å²) in [6, 6.07) is 29.9. The van der Waals surface area contributed by atoms with Gasteiger partial charge in [0.05, 0.1) is 17.1 Å². The van der Waals surface area contributed by atoms with Crippen LogP contribution in [0.4, 0.5) is 0 Å². The first-order valence-electron chi connectivity index (χ1n) is 13.3. The van der Waals surface area contributed by atoms with E-state index in [0.717, 1.165) is 50.4 Å². The minimum atomic E-state index is 0.547. The van der Waals surface area contributed by atoms with Crippen LogP contribution in [0.2, 0.25) is 0 Å². The Morgan fingerprint density at radius 1 is 0.381 bits per heavy atom. The standard InChI is InChI=1S/C30H24N12/c1-19-4-10-25(11-5-19)40-28(31-34-37-40)22-16-23(29-32-35-38-41(29)26-12-6-20(2)7-13-26)18-24(17-22)30-33-36-39-42(30)27-14-8-21(3)9-15-27/h4-18H,1-3H3. The molecule has 204 valence electrons. The second kappa shape index (κ2) is 10.2. The summed E-state index contributed by atoms with van der Waals surface area (Å²) in [5, 5.41) is 38.1. The largest absolute Gasteiger partial charge is 0.193 e. The molecule has 0 fully saturated rings. The Kier molecular flexibility index (Phi) is 6.12. The van der Waals surface area contributed by atoms with E-state index in [1.165, 1.54) is 0 Å². The molecule has 0 unspecified atom stereocenters. The number of hydrogen-bond donors (Lipinski definition) is 0. The van der Waals surface area contributed by atoms with Crippen LogP contribution < -0.4 is 0 Å². The van der Waals surface area contributed by atoms with E-state index >= 15 is 0 Å². The Hall–Kier alpha value is -5.91. The Morgan fingerprint density at radius 3 is 0.905 bits per heavy atom. The molecule has 0 aliphatic rings. The minimum Gasteiger partial charge on any atom is -0.193 e. The molecular weight excluding hydrogens is 528 g/mol. The van der Waals surface area contributed by atoms with E-state index < -0.39 is 0 Å². The van der Waals surface area contributed by atoms with Gasteiger partial charge in [-0.05, 0) is 107 Å². The number of benzene rings is 4. The van der Waals surface area contributed by atoms with Crippen molar-refractivity contribution in [1.29, 1.82) is 0 Å². The van der Waals surface area contributed by atoms with E-state index in [4.69, 9.17) is 0 Å². The van der Waals surface area contributed by atoms with Crippen molar-refractivity contribution in [1.82, 2.24) is 60.6 Å². The van der Waals surface area contributed by atoms with Crippen molar-refractivity contribution in [2.45, 2.75) is 20.8 Å². The predicted octanol–water partition coefficient (Wildman–Crippen LogP) is 4.54. The van der Waals surface area contributed by atoms with Gasteiger partial charge in [-0.25, -0.2) is 0 Å². The fourth-order valence-electron chi connectivity index (χ4n) is 4.70. The molecule has 3 aromatic heterocycles. The molecule has 7 aromatic rings. The number of nitrogens with zero attached hydrogens (tertiary/aromatic N) is 12. The van der Waals surface area contributed by atoms with Crippen molar-refractivity contribution in [3.8, 4) is 51.2 Å². The van der Waals surface area contributed by atoms with Gasteiger partial charge in [-0.15, -0.1) is 15.3 Å². The van der Waals surface area contributed by atoms with Gasteiger partial charge in [-0.1, -0.05) is 53.1 Å². The third-order valence-electron chi connectivity index (χ3n) is 6.95. The maximum atomic E-state index is 4.40. The maximum Gasteiger partial charge on any atom is 0.187 e. The first kappa shape index (κ1) is 25.1. The van der Waals surface area contributed by atoms with Crippen molar-refractivity contribution in [3.05, 3.63) is 108 Å². The van der Waals surface area contributed by atoms with Gasteiger partial charge >= 0.3 is 0 Å². The summed E-state index contributed by atoms with van der Waals surface area (Å²) in [4.78, 5) is 0. The summed E-state index contributed by atoms with van der Waals surface area (Å²) in [6.07, 6.45) is 0. The summed E-state index contributed by atoms with van der Waals surface area (Å²) in [6.45, 7) is 6.11. The summed E-state index contributed by atoms with van der Waals surface area (Å²) in [5.74, 6) is 1.64. The van der Waals surface area contributed by atoms with E-state index in [0.29, 0.717) is 17.5 Å². The van der Waals surface area contributed by atoms with Gasteiger partial charge in [0, 0.05) is 16.7 Å². The second-order valence-electron chi connectivity index (χ2n) is 10.0. The summed E-state index contributed by atoms with van der Waals surface area (Å²) < 4.78 is 5.11. The average Bonchev–Trinajstić information content (AvgIpc) is 3.79. The zero-order valence-electron chi connectivity index (χ0n) is 23.0. The first-order chi connectivity index (χ1) is 20.5. The zero-order chi connectivity index (χ0) is 28.6. The highest BCUT2D eigenvalue weighted by Crippen LogP contribution is 2.32. The molecule has 12 heteroatoms. The molecular formula is C30H24N12. The van der Waals surface area contributed by atoms with Gasteiger partial charge in [0.15, 0.2) is 17.5 Å². The van der Waals surface area contributed by atoms with Crippen LogP contribution in [0.1, 0.15) is 16.7 Å². The Morgan fingerprint density at radius 2 is 0.643 bits per heavy atom. The lowest BCUT2D eigenvalue weighted by Crippen LogP contribution is -2.04. The van der Waals surface area contributed by atoms with Gasteiger partial charge < -0.3 is 0 Å².